The molecule has 68 valence electrons. The molecule has 1 N–H and O–H groups in total. The van der Waals surface area contributed by atoms with E-state index in [0.29, 0.717) is 0 Å². The molecule has 2 heterocycles. The lowest BCUT2D eigenvalue weighted by Gasteiger charge is -1.81. The fourth-order valence-corrected chi connectivity index (χ4v) is 0.793. The van der Waals surface area contributed by atoms with Crippen LogP contribution in [0.25, 0.3) is 11.0 Å². The zero-order chi connectivity index (χ0) is 6.10. The Bertz CT molecular complexity index is 292. The maximum absolute atomic E-state index is 3.97. The van der Waals surface area contributed by atoms with Gasteiger partial charge < -0.3 is 4.98 Å². The molecular formula is C6H8Cl3N3. The fourth-order valence-electron chi connectivity index (χ4n) is 0.793. The molecule has 0 fully saturated rings. The third kappa shape index (κ3) is 2.52. The van der Waals surface area contributed by atoms with E-state index in [1.165, 1.54) is 6.33 Å². The van der Waals surface area contributed by atoms with Crippen LogP contribution in [-0.2, 0) is 0 Å². The van der Waals surface area contributed by atoms with Crippen molar-refractivity contribution in [3.8, 4) is 0 Å². The summed E-state index contributed by atoms with van der Waals surface area (Å²) < 4.78 is 0. The number of hydrogen-bond donors (Lipinski definition) is 1. The van der Waals surface area contributed by atoms with Crippen molar-refractivity contribution in [2.75, 3.05) is 0 Å². The molecule has 0 saturated heterocycles. The maximum Gasteiger partial charge on any atom is 0.140 e. The molecule has 0 bridgehead atoms. The molecule has 6 heteroatoms. The predicted octanol–water partition coefficient (Wildman–Crippen LogP) is 2.22. The molecule has 2 aromatic rings. The first-order valence-corrected chi connectivity index (χ1v) is 2.70. The Balaban J connectivity index is 0. The summed E-state index contributed by atoms with van der Waals surface area (Å²) in [4.78, 5) is 10.8. The number of fused-ring (bicyclic) bond motifs is 1. The van der Waals surface area contributed by atoms with E-state index in [1.54, 1.807) is 6.20 Å². The molecule has 0 unspecified atom stereocenters. The summed E-state index contributed by atoms with van der Waals surface area (Å²) in [6.45, 7) is 0. The summed E-state index contributed by atoms with van der Waals surface area (Å²) in [6.07, 6.45) is 5.15. The van der Waals surface area contributed by atoms with Crippen molar-refractivity contribution in [1.29, 1.82) is 0 Å². The minimum Gasteiger partial charge on any atom is -0.346 e. The molecule has 0 aliphatic carbocycles. The zero-order valence-electron chi connectivity index (χ0n) is 5.93. The second-order valence-corrected chi connectivity index (χ2v) is 1.80. The van der Waals surface area contributed by atoms with Crippen LogP contribution < -0.4 is 0 Å². The maximum atomic E-state index is 3.97. The van der Waals surface area contributed by atoms with Gasteiger partial charge in [0.05, 0.1) is 0 Å². The number of H-pyrrole nitrogens is 1. The van der Waals surface area contributed by atoms with E-state index >= 15 is 0 Å². The Morgan fingerprint density at radius 1 is 1.17 bits per heavy atom. The van der Waals surface area contributed by atoms with E-state index in [1.807, 2.05) is 12.3 Å². The number of aromatic amines is 1. The molecule has 0 spiro atoms. The molecule has 0 radical (unpaired) electrons. The van der Waals surface area contributed by atoms with Gasteiger partial charge in [-0.2, -0.15) is 0 Å². The Kier molecular flexibility index (Phi) is 7.09. The molecule has 0 aliphatic rings. The van der Waals surface area contributed by atoms with Crippen molar-refractivity contribution in [2.45, 2.75) is 0 Å². The summed E-state index contributed by atoms with van der Waals surface area (Å²) in [6, 6.07) is 1.94. The van der Waals surface area contributed by atoms with E-state index in [2.05, 4.69) is 15.0 Å². The Morgan fingerprint density at radius 2 is 1.92 bits per heavy atom. The summed E-state index contributed by atoms with van der Waals surface area (Å²) in [7, 11) is 0. The number of rotatable bonds is 0. The van der Waals surface area contributed by atoms with Crippen LogP contribution in [0.4, 0.5) is 0 Å². The first kappa shape index (κ1) is 14.0. The summed E-state index contributed by atoms with van der Waals surface area (Å²) in [5, 5.41) is 1.05. The lowest BCUT2D eigenvalue weighted by Crippen LogP contribution is -1.75. The third-order valence-corrected chi connectivity index (χ3v) is 1.22. The summed E-state index contributed by atoms with van der Waals surface area (Å²) in [5.41, 5.74) is 0.894. The van der Waals surface area contributed by atoms with Crippen molar-refractivity contribution >= 4 is 48.3 Å². The van der Waals surface area contributed by atoms with Crippen molar-refractivity contribution in [3.63, 3.8) is 0 Å². The molecular weight excluding hydrogens is 220 g/mol. The van der Waals surface area contributed by atoms with Gasteiger partial charge in [-0.3, -0.25) is 0 Å². The highest BCUT2D eigenvalue weighted by Crippen LogP contribution is 2.03. The first-order chi connectivity index (χ1) is 4.47. The molecule has 0 saturated carbocycles. The van der Waals surface area contributed by atoms with Gasteiger partial charge in [0.25, 0.3) is 0 Å². The van der Waals surface area contributed by atoms with Crippen LogP contribution in [0.15, 0.2) is 24.8 Å². The molecule has 0 atom stereocenters. The molecule has 2 rings (SSSR count). The number of nitrogens with one attached hydrogen (secondary N) is 1. The second kappa shape index (κ2) is 6.06. The Hall–Kier alpha value is -0.510. The van der Waals surface area contributed by atoms with Gasteiger partial charge in [0.15, 0.2) is 0 Å². The molecule has 0 aliphatic heterocycles. The van der Waals surface area contributed by atoms with Crippen LogP contribution in [0, 0.1) is 0 Å². The van der Waals surface area contributed by atoms with Gasteiger partial charge in [-0.15, -0.1) is 37.2 Å². The summed E-state index contributed by atoms with van der Waals surface area (Å²) in [5.74, 6) is 0. The average molecular weight is 229 g/mol. The van der Waals surface area contributed by atoms with Crippen molar-refractivity contribution in [3.05, 3.63) is 24.8 Å². The van der Waals surface area contributed by atoms with Gasteiger partial charge in [0.1, 0.15) is 12.0 Å². The van der Waals surface area contributed by atoms with E-state index in [9.17, 15) is 0 Å². The van der Waals surface area contributed by atoms with Crippen molar-refractivity contribution in [1.82, 2.24) is 15.0 Å². The van der Waals surface area contributed by atoms with Crippen LogP contribution in [0.5, 0.6) is 0 Å². The lowest BCUT2D eigenvalue weighted by atomic mass is 10.4. The van der Waals surface area contributed by atoms with Crippen LogP contribution in [0.3, 0.4) is 0 Å². The molecule has 3 nitrogen and oxygen atoms in total. The normalized spacial score (nSPS) is 7.67. The second-order valence-electron chi connectivity index (χ2n) is 1.80. The number of aromatic nitrogens is 3. The van der Waals surface area contributed by atoms with Crippen molar-refractivity contribution < 1.29 is 0 Å². The van der Waals surface area contributed by atoms with E-state index < -0.39 is 0 Å². The van der Waals surface area contributed by atoms with Crippen LogP contribution in [0.2, 0.25) is 0 Å². The quantitative estimate of drug-likeness (QED) is 0.751. The van der Waals surface area contributed by atoms with Gasteiger partial charge in [-0.1, -0.05) is 0 Å². The van der Waals surface area contributed by atoms with E-state index in [-0.39, 0.29) is 37.2 Å². The number of hydrogen-bond acceptors (Lipinski definition) is 2. The lowest BCUT2D eigenvalue weighted by molar-refractivity contribution is 1.20. The third-order valence-electron chi connectivity index (χ3n) is 1.22. The average Bonchev–Trinajstić information content (AvgIpc) is 2.33. The SMILES string of the molecule is Cl.Cl.Cl.c1ncc2cc[nH]c2n1. The predicted molar refractivity (Wildman–Crippen MR) is 55.6 cm³/mol. The van der Waals surface area contributed by atoms with Gasteiger partial charge in [0, 0.05) is 17.8 Å². The highest BCUT2D eigenvalue weighted by molar-refractivity contribution is 5.86. The number of halogens is 3. The smallest absolute Gasteiger partial charge is 0.140 e. The Labute approximate surface area is 88.2 Å². The standard InChI is InChI=1S/C6H5N3.3ClH/c1-2-8-6-5(1)3-7-4-9-6;;;/h1-4H,(H,7,8,9);3*1H. The molecule has 0 aromatic carbocycles. The molecule has 0 amide bonds. The van der Waals surface area contributed by atoms with Crippen LogP contribution >= 0.6 is 37.2 Å². The molecule has 2 aromatic heterocycles. The highest BCUT2D eigenvalue weighted by atomic mass is 35.5. The van der Waals surface area contributed by atoms with E-state index in [4.69, 9.17) is 0 Å². The Morgan fingerprint density at radius 3 is 2.58 bits per heavy atom. The minimum absolute atomic E-state index is 0. The summed E-state index contributed by atoms with van der Waals surface area (Å²) >= 11 is 0. The first-order valence-electron chi connectivity index (χ1n) is 2.70. The van der Waals surface area contributed by atoms with Gasteiger partial charge in [0.2, 0.25) is 0 Å². The van der Waals surface area contributed by atoms with Crippen LogP contribution in [-0.4, -0.2) is 15.0 Å². The van der Waals surface area contributed by atoms with E-state index in [0.717, 1.165) is 11.0 Å². The highest BCUT2D eigenvalue weighted by Gasteiger charge is 1.89. The minimum atomic E-state index is 0. The largest absolute Gasteiger partial charge is 0.346 e. The van der Waals surface area contributed by atoms with Gasteiger partial charge in [-0.25, -0.2) is 9.97 Å². The molecule has 12 heavy (non-hydrogen) atoms. The fraction of sp³-hybridized carbons (Fsp3) is 0. The van der Waals surface area contributed by atoms with Gasteiger partial charge >= 0.3 is 0 Å². The topological polar surface area (TPSA) is 41.6 Å². The van der Waals surface area contributed by atoms with Crippen molar-refractivity contribution in [2.24, 2.45) is 0 Å². The number of nitrogens with zero attached hydrogens (tertiary/aromatic N) is 2. The van der Waals surface area contributed by atoms with Gasteiger partial charge in [-0.05, 0) is 6.07 Å². The van der Waals surface area contributed by atoms with Crippen LogP contribution in [0.1, 0.15) is 0 Å². The monoisotopic (exact) mass is 227 g/mol. The zero-order valence-corrected chi connectivity index (χ0v) is 8.38.